The molecule has 11 rings (SSSR count). The Morgan fingerprint density at radius 3 is 2.51 bits per heavy atom. The van der Waals surface area contributed by atoms with Crippen molar-refractivity contribution in [2.45, 2.75) is 190 Å². The normalized spacial score (nSPS) is 29.3. The molecule has 0 radical (unpaired) electrons. The number of aliphatic hydroxyl groups excluding tert-OH is 2. The van der Waals surface area contributed by atoms with Crippen molar-refractivity contribution in [3.63, 3.8) is 0 Å². The van der Waals surface area contributed by atoms with Crippen molar-refractivity contribution in [2.75, 3.05) is 19.8 Å². The van der Waals surface area contributed by atoms with E-state index in [0.29, 0.717) is 55.5 Å². The summed E-state index contributed by atoms with van der Waals surface area (Å²) in [4.78, 5) is 19.8. The van der Waals surface area contributed by atoms with Crippen LogP contribution in [0.15, 0.2) is 89.0 Å². The van der Waals surface area contributed by atoms with Gasteiger partial charge in [0.15, 0.2) is 23.2 Å². The van der Waals surface area contributed by atoms with Gasteiger partial charge in [-0.15, -0.1) is 0 Å². The molecule has 7 N–H and O–H groups in total. The Hall–Kier alpha value is -5.34. The molecule has 3 aromatic rings. The van der Waals surface area contributed by atoms with E-state index in [1.54, 1.807) is 6.08 Å². The van der Waals surface area contributed by atoms with Gasteiger partial charge >= 0.3 is 0 Å². The van der Waals surface area contributed by atoms with Crippen LogP contribution in [0.25, 0.3) is 0 Å². The number of nitrogens with zero attached hydrogens (tertiary/aromatic N) is 1. The highest BCUT2D eigenvalue weighted by molar-refractivity contribution is 5.90. The first-order chi connectivity index (χ1) is 37.5. The summed E-state index contributed by atoms with van der Waals surface area (Å²) in [6.45, 7) is 2.60. The SMILES string of the molecule is CC1CC2C3=CC4CC(CC#Cc5c(CCC(=O)C=C(CO)C6CCC=CC6CO)cc(OC6CCCC6)c(O)c5C(C3C1)C4COC1CCCCC1)N=C(N)NC1(CCCCC1)c1cccc(c1)Cc1cc(O)cc2c1. The summed E-state index contributed by atoms with van der Waals surface area (Å²) < 4.78 is 14.1. The summed E-state index contributed by atoms with van der Waals surface area (Å²) in [5, 5.41) is 49.8. The Balaban J connectivity index is 1.10. The molecule has 4 saturated carbocycles. The van der Waals surface area contributed by atoms with Crippen molar-refractivity contribution in [1.29, 1.82) is 0 Å². The van der Waals surface area contributed by atoms with Crippen molar-refractivity contribution >= 4 is 11.7 Å². The summed E-state index contributed by atoms with van der Waals surface area (Å²) >= 11 is 0. The molecule has 410 valence electrons. The predicted octanol–water partition coefficient (Wildman–Crippen LogP) is 12.0. The second kappa shape index (κ2) is 23.9. The number of phenols is 2. The molecular formula is C67H85N3O7. The van der Waals surface area contributed by atoms with E-state index in [2.05, 4.69) is 66.6 Å². The fourth-order valence-corrected chi connectivity index (χ4v) is 15.8. The van der Waals surface area contributed by atoms with E-state index in [-0.39, 0.29) is 102 Å². The van der Waals surface area contributed by atoms with E-state index in [1.165, 1.54) is 29.5 Å². The summed E-state index contributed by atoms with van der Waals surface area (Å²) in [7, 11) is 0. The van der Waals surface area contributed by atoms with Crippen LogP contribution in [-0.2, 0) is 27.9 Å². The molecule has 77 heavy (non-hydrogen) atoms. The average Bonchev–Trinajstić information content (AvgIpc) is 4.06. The minimum Gasteiger partial charge on any atom is -0.508 e. The van der Waals surface area contributed by atoms with Crippen LogP contribution < -0.4 is 15.8 Å². The fraction of sp³-hybridized carbons (Fsp3) is 0.582. The largest absolute Gasteiger partial charge is 0.508 e. The lowest BCUT2D eigenvalue weighted by Gasteiger charge is -2.50. The monoisotopic (exact) mass is 1040 g/mol. The molecule has 1 heterocycles. The van der Waals surface area contributed by atoms with E-state index in [9.17, 15) is 25.2 Å². The van der Waals surface area contributed by atoms with Crippen LogP contribution in [0.4, 0.5) is 0 Å². The number of aliphatic hydroxyl groups is 2. The highest BCUT2D eigenvalue weighted by Gasteiger charge is 2.49. The third-order valence-electron chi connectivity index (χ3n) is 19.5. The molecule has 1 aliphatic heterocycles. The van der Waals surface area contributed by atoms with Crippen molar-refractivity contribution in [1.82, 2.24) is 5.32 Å². The number of nitrogens with one attached hydrogen (secondary N) is 1. The number of ether oxygens (including phenoxy) is 2. The number of benzene rings is 3. The average molecular weight is 1040 g/mol. The van der Waals surface area contributed by atoms with Gasteiger partial charge in [0.05, 0.1) is 37.0 Å². The summed E-state index contributed by atoms with van der Waals surface area (Å²) in [6.07, 6.45) is 29.1. The van der Waals surface area contributed by atoms with Gasteiger partial charge in [0.2, 0.25) is 0 Å². The van der Waals surface area contributed by atoms with Gasteiger partial charge in [0, 0.05) is 48.3 Å². The molecule has 0 saturated heterocycles. The Morgan fingerprint density at radius 1 is 0.909 bits per heavy atom. The first-order valence-electron chi connectivity index (χ1n) is 30.1. The lowest BCUT2D eigenvalue weighted by Crippen LogP contribution is -2.50. The lowest BCUT2D eigenvalue weighted by atomic mass is 9.55. The number of rotatable bonds is 12. The van der Waals surface area contributed by atoms with E-state index in [0.717, 1.165) is 131 Å². The number of guanidine groups is 1. The third-order valence-corrected chi connectivity index (χ3v) is 19.5. The zero-order valence-corrected chi connectivity index (χ0v) is 45.7. The molecule has 1 spiro atoms. The smallest absolute Gasteiger partial charge is 0.189 e. The second-order valence-corrected chi connectivity index (χ2v) is 24.8. The number of carbonyl (C=O) groups is 1. The summed E-state index contributed by atoms with van der Waals surface area (Å²) in [5.41, 5.74) is 15.9. The molecule has 10 nitrogen and oxygen atoms in total. The number of aromatic hydroxyl groups is 2. The fourth-order valence-electron chi connectivity index (χ4n) is 15.8. The molecule has 9 unspecified atom stereocenters. The lowest BCUT2D eigenvalue weighted by molar-refractivity contribution is -0.114. The first kappa shape index (κ1) is 53.7. The first-order valence-corrected chi connectivity index (χ1v) is 30.1. The molecule has 10 heteroatoms. The number of hydrogen-bond donors (Lipinski definition) is 6. The highest BCUT2D eigenvalue weighted by Crippen LogP contribution is 2.60. The maximum atomic E-state index is 14.3. The standard InChI is InChI=1S/C67H85N3O7/c1-42-28-58-47-31-44(33-53(74)35-47)30-43-14-12-16-50(32-43)67(26-10-3-11-27-67)70-66(68)69-51-17-13-23-57-45(24-25-52(73)36-49(40-72)56-22-9-6-15-46(56)39-71)38-62(77-55-20-7-8-21-55)65(75)64(57)63-60(29-42)59(58)37-48(34-51)61(63)41-76-54-18-4-2-5-19-54/h6,12,14-16,31-33,35-38,42,46,48,51,54-56,58,60-61,63,71-72,74-75H,2-5,7-11,17-22,24-30,34,39-41H2,1H3,(H3,68,69,70). The topological polar surface area (TPSA) is 167 Å². The maximum Gasteiger partial charge on any atom is 0.189 e. The molecule has 0 aromatic heterocycles. The van der Waals surface area contributed by atoms with Crippen LogP contribution in [-0.4, -0.2) is 70.2 Å². The van der Waals surface area contributed by atoms with Crippen molar-refractivity contribution in [3.8, 4) is 29.1 Å². The van der Waals surface area contributed by atoms with E-state index >= 15 is 0 Å². The molecule has 0 amide bonds. The van der Waals surface area contributed by atoms with E-state index < -0.39 is 0 Å². The number of allylic oxidation sites excluding steroid dienone is 4. The number of ketones is 1. The van der Waals surface area contributed by atoms with Crippen LogP contribution in [0.1, 0.15) is 193 Å². The van der Waals surface area contributed by atoms with Gasteiger partial charge in [-0.05, 0) is 184 Å². The predicted molar refractivity (Wildman–Crippen MR) is 304 cm³/mol. The third kappa shape index (κ3) is 11.9. The number of aliphatic imine (C=N–C) groups is 1. The molecule has 8 aliphatic rings. The Bertz CT molecular complexity index is 2800. The van der Waals surface area contributed by atoms with E-state index in [4.69, 9.17) is 20.2 Å². The quantitative estimate of drug-likeness (QED) is 0.0588. The Kier molecular flexibility index (Phi) is 16.7. The van der Waals surface area contributed by atoms with Crippen molar-refractivity contribution in [3.05, 3.63) is 123 Å². The number of carbonyl (C=O) groups excluding carboxylic acids is 1. The van der Waals surface area contributed by atoms with Gasteiger partial charge < -0.3 is 41.0 Å². The molecule has 8 bridgehead atoms. The molecule has 3 aromatic carbocycles. The van der Waals surface area contributed by atoms with Gasteiger partial charge in [-0.25, -0.2) is 4.99 Å². The van der Waals surface area contributed by atoms with Gasteiger partial charge in [0.1, 0.15) is 5.75 Å². The molecular weight excluding hydrogens is 959 g/mol. The van der Waals surface area contributed by atoms with Gasteiger partial charge in [0.25, 0.3) is 0 Å². The van der Waals surface area contributed by atoms with Crippen molar-refractivity contribution in [2.24, 2.45) is 46.2 Å². The van der Waals surface area contributed by atoms with Gasteiger partial charge in [-0.1, -0.05) is 111 Å². The van der Waals surface area contributed by atoms with Gasteiger partial charge in [-0.2, -0.15) is 0 Å². The van der Waals surface area contributed by atoms with Crippen molar-refractivity contribution < 1.29 is 34.7 Å². The van der Waals surface area contributed by atoms with Crippen LogP contribution in [0.2, 0.25) is 0 Å². The number of phenolic OH excluding ortho intramolecular Hbond substituents is 2. The number of hydrogen-bond acceptors (Lipinski definition) is 10. The molecule has 4 fully saturated rings. The second-order valence-electron chi connectivity index (χ2n) is 24.8. The number of nitrogens with two attached hydrogens (primary N) is 1. The zero-order valence-electron chi connectivity index (χ0n) is 45.7. The Labute approximate surface area is 458 Å². The number of fused-ring (bicyclic) bond motifs is 11. The van der Waals surface area contributed by atoms with Crippen LogP contribution >= 0.6 is 0 Å². The maximum absolute atomic E-state index is 14.3. The highest BCUT2D eigenvalue weighted by atomic mass is 16.5. The van der Waals surface area contributed by atoms with E-state index in [1.807, 2.05) is 24.3 Å². The van der Waals surface area contributed by atoms with Gasteiger partial charge in [-0.3, -0.25) is 4.79 Å². The summed E-state index contributed by atoms with van der Waals surface area (Å²) in [5.74, 6) is 8.43. The minimum atomic E-state index is -0.379. The zero-order chi connectivity index (χ0) is 53.0. The Morgan fingerprint density at radius 2 is 1.70 bits per heavy atom. The van der Waals surface area contributed by atoms with Crippen LogP contribution in [0, 0.1) is 47.3 Å². The summed E-state index contributed by atoms with van der Waals surface area (Å²) in [6, 6.07) is 17.0. The minimum absolute atomic E-state index is 0.00511. The van der Waals surface area contributed by atoms with Crippen LogP contribution in [0.3, 0.4) is 0 Å². The molecule has 7 aliphatic carbocycles. The van der Waals surface area contributed by atoms with Crippen LogP contribution in [0.5, 0.6) is 17.2 Å². The number of aryl methyl sites for hydroxylation is 1. The molecule has 9 atom stereocenters.